The summed E-state index contributed by atoms with van der Waals surface area (Å²) in [6, 6.07) is 3.11. The number of amides is 2. The van der Waals surface area contributed by atoms with Crippen LogP contribution >= 0.6 is 15.9 Å². The number of likely N-dealkylation sites (tertiary alicyclic amines) is 1. The average Bonchev–Trinajstić information content (AvgIpc) is 2.90. The molecule has 0 aliphatic carbocycles. The molecule has 9 heteroatoms. The van der Waals surface area contributed by atoms with Crippen LogP contribution in [0.5, 0.6) is 0 Å². The van der Waals surface area contributed by atoms with E-state index in [-0.39, 0.29) is 30.7 Å². The van der Waals surface area contributed by atoms with Gasteiger partial charge in [0.2, 0.25) is 0 Å². The second kappa shape index (κ2) is 6.72. The lowest BCUT2D eigenvalue weighted by molar-refractivity contribution is -0.186. The molecule has 1 N–H and O–H groups in total. The average molecular weight is 383 g/mol. The van der Waals surface area contributed by atoms with Crippen molar-refractivity contribution < 1.29 is 27.2 Å². The third kappa shape index (κ3) is 4.25. The Morgan fingerprint density at radius 2 is 1.95 bits per heavy atom. The highest BCUT2D eigenvalue weighted by Crippen LogP contribution is 2.23. The van der Waals surface area contributed by atoms with Gasteiger partial charge in [-0.3, -0.25) is 9.59 Å². The molecule has 0 radical (unpaired) electrons. The van der Waals surface area contributed by atoms with E-state index in [1.165, 1.54) is 6.07 Å². The number of carbonyl (C=O) groups excluding carboxylic acids is 2. The number of carbonyl (C=O) groups is 2. The fourth-order valence-electron chi connectivity index (χ4n) is 2.28. The molecule has 122 valence electrons. The van der Waals surface area contributed by atoms with Crippen molar-refractivity contribution >= 4 is 27.7 Å². The Bertz CT molecular complexity index is 551. The van der Waals surface area contributed by atoms with Crippen LogP contribution in [-0.4, -0.2) is 42.5 Å². The molecule has 0 unspecified atom stereocenters. The van der Waals surface area contributed by atoms with Gasteiger partial charge in [-0.25, -0.2) is 0 Å². The van der Waals surface area contributed by atoms with Gasteiger partial charge in [0.15, 0.2) is 10.4 Å². The maximum Gasteiger partial charge on any atom is 0.471 e. The first-order chi connectivity index (χ1) is 10.3. The van der Waals surface area contributed by atoms with Crippen molar-refractivity contribution in [2.75, 3.05) is 19.6 Å². The van der Waals surface area contributed by atoms with Gasteiger partial charge >= 0.3 is 12.1 Å². The topological polar surface area (TPSA) is 62.6 Å². The third-order valence-corrected chi connectivity index (χ3v) is 3.92. The predicted molar refractivity (Wildman–Crippen MR) is 74.1 cm³/mol. The van der Waals surface area contributed by atoms with Gasteiger partial charge in [-0.15, -0.1) is 0 Å². The van der Waals surface area contributed by atoms with E-state index in [9.17, 15) is 22.8 Å². The molecule has 1 saturated heterocycles. The molecule has 2 rings (SSSR count). The van der Waals surface area contributed by atoms with E-state index in [4.69, 9.17) is 4.42 Å². The van der Waals surface area contributed by atoms with Gasteiger partial charge in [0, 0.05) is 19.6 Å². The highest BCUT2D eigenvalue weighted by Gasteiger charge is 2.43. The minimum atomic E-state index is -4.83. The third-order valence-electron chi connectivity index (χ3n) is 3.49. The maximum atomic E-state index is 12.3. The van der Waals surface area contributed by atoms with Crippen molar-refractivity contribution in [2.24, 2.45) is 5.92 Å². The molecule has 0 bridgehead atoms. The predicted octanol–water partition coefficient (Wildman–Crippen LogP) is 2.57. The number of halogens is 4. The summed E-state index contributed by atoms with van der Waals surface area (Å²) in [5, 5.41) is 2.68. The zero-order valence-electron chi connectivity index (χ0n) is 11.5. The lowest BCUT2D eigenvalue weighted by Crippen LogP contribution is -2.46. The number of nitrogens with zero attached hydrogens (tertiary/aromatic N) is 1. The van der Waals surface area contributed by atoms with Crippen LogP contribution < -0.4 is 5.32 Å². The molecule has 1 aromatic rings. The van der Waals surface area contributed by atoms with Crippen LogP contribution in [0, 0.1) is 5.92 Å². The quantitative estimate of drug-likeness (QED) is 0.873. The summed E-state index contributed by atoms with van der Waals surface area (Å²) < 4.78 is 42.5. The highest BCUT2D eigenvalue weighted by molar-refractivity contribution is 9.10. The largest absolute Gasteiger partial charge is 0.471 e. The second-order valence-corrected chi connectivity index (χ2v) is 5.83. The molecule has 1 aliphatic heterocycles. The Hall–Kier alpha value is -1.51. The van der Waals surface area contributed by atoms with E-state index in [1.54, 1.807) is 6.07 Å². The summed E-state index contributed by atoms with van der Waals surface area (Å²) in [5.74, 6) is -1.97. The molecule has 22 heavy (non-hydrogen) atoms. The standard InChI is InChI=1S/C13H14BrF3N2O3/c14-10-2-1-9(22-10)11(20)18-7-8-3-5-19(6-4-8)12(21)13(15,16)17/h1-2,8H,3-7H2,(H,18,20). The van der Waals surface area contributed by atoms with E-state index in [0.29, 0.717) is 24.1 Å². The van der Waals surface area contributed by atoms with Crippen LogP contribution in [0.25, 0.3) is 0 Å². The van der Waals surface area contributed by atoms with Crippen LogP contribution in [0.3, 0.4) is 0 Å². The van der Waals surface area contributed by atoms with Crippen LogP contribution in [-0.2, 0) is 4.79 Å². The van der Waals surface area contributed by atoms with Crippen molar-refractivity contribution in [3.05, 3.63) is 22.6 Å². The second-order valence-electron chi connectivity index (χ2n) is 5.05. The van der Waals surface area contributed by atoms with Gasteiger partial charge in [-0.2, -0.15) is 13.2 Å². The van der Waals surface area contributed by atoms with E-state index < -0.39 is 12.1 Å². The first-order valence-corrected chi connectivity index (χ1v) is 7.46. The Morgan fingerprint density at radius 1 is 1.32 bits per heavy atom. The molecular formula is C13H14BrF3N2O3. The molecule has 1 aromatic heterocycles. The molecule has 0 atom stereocenters. The zero-order chi connectivity index (χ0) is 16.3. The first-order valence-electron chi connectivity index (χ1n) is 6.67. The molecule has 0 saturated carbocycles. The Morgan fingerprint density at radius 3 is 2.45 bits per heavy atom. The first kappa shape index (κ1) is 16.9. The van der Waals surface area contributed by atoms with Gasteiger partial charge in [-0.1, -0.05) is 0 Å². The van der Waals surface area contributed by atoms with Crippen molar-refractivity contribution in [1.82, 2.24) is 10.2 Å². The van der Waals surface area contributed by atoms with Crippen molar-refractivity contribution in [2.45, 2.75) is 19.0 Å². The van der Waals surface area contributed by atoms with E-state index >= 15 is 0 Å². The summed E-state index contributed by atoms with van der Waals surface area (Å²) in [7, 11) is 0. The van der Waals surface area contributed by atoms with Crippen LogP contribution in [0.4, 0.5) is 13.2 Å². The van der Waals surface area contributed by atoms with Crippen LogP contribution in [0.15, 0.2) is 21.2 Å². The van der Waals surface area contributed by atoms with Gasteiger partial charge < -0.3 is 14.6 Å². The van der Waals surface area contributed by atoms with Gasteiger partial charge in [0.25, 0.3) is 5.91 Å². The van der Waals surface area contributed by atoms with Gasteiger partial charge in [0.1, 0.15) is 0 Å². The number of nitrogens with one attached hydrogen (secondary N) is 1. The Kier molecular flexibility index (Phi) is 5.15. The Balaban J connectivity index is 1.76. The monoisotopic (exact) mass is 382 g/mol. The summed E-state index contributed by atoms with van der Waals surface area (Å²) in [5.41, 5.74) is 0. The Labute approximate surface area is 133 Å². The minimum Gasteiger partial charge on any atom is -0.444 e. The number of piperidine rings is 1. The van der Waals surface area contributed by atoms with Crippen molar-refractivity contribution in [3.63, 3.8) is 0 Å². The normalized spacial score (nSPS) is 16.6. The number of alkyl halides is 3. The summed E-state index contributed by atoms with van der Waals surface area (Å²) in [6.45, 7) is 0.432. The number of hydrogen-bond donors (Lipinski definition) is 1. The molecule has 5 nitrogen and oxygen atoms in total. The highest BCUT2D eigenvalue weighted by atomic mass is 79.9. The molecule has 0 aromatic carbocycles. The zero-order valence-corrected chi connectivity index (χ0v) is 13.0. The molecule has 1 aliphatic rings. The maximum absolute atomic E-state index is 12.3. The number of rotatable bonds is 3. The molecule has 2 amide bonds. The number of hydrogen-bond acceptors (Lipinski definition) is 3. The fraction of sp³-hybridized carbons (Fsp3) is 0.538. The van der Waals surface area contributed by atoms with Crippen LogP contribution in [0.1, 0.15) is 23.4 Å². The van der Waals surface area contributed by atoms with Crippen molar-refractivity contribution in [3.8, 4) is 0 Å². The lowest BCUT2D eigenvalue weighted by atomic mass is 9.96. The lowest BCUT2D eigenvalue weighted by Gasteiger charge is -2.32. The molecule has 1 fully saturated rings. The molecular weight excluding hydrogens is 369 g/mol. The SMILES string of the molecule is O=C(NCC1CCN(C(=O)C(F)(F)F)CC1)c1ccc(Br)o1. The fourth-order valence-corrected chi connectivity index (χ4v) is 2.59. The smallest absolute Gasteiger partial charge is 0.444 e. The van der Waals surface area contributed by atoms with E-state index in [0.717, 1.165) is 4.90 Å². The number of furan rings is 1. The van der Waals surface area contributed by atoms with Gasteiger partial charge in [-0.05, 0) is 46.8 Å². The summed E-state index contributed by atoms with van der Waals surface area (Å²) in [4.78, 5) is 23.7. The molecule has 2 heterocycles. The van der Waals surface area contributed by atoms with Gasteiger partial charge in [0.05, 0.1) is 0 Å². The minimum absolute atomic E-state index is 0.0413. The summed E-state index contributed by atoms with van der Waals surface area (Å²) in [6.07, 6.45) is -3.98. The molecule has 0 spiro atoms. The van der Waals surface area contributed by atoms with E-state index in [1.807, 2.05) is 0 Å². The van der Waals surface area contributed by atoms with Crippen LogP contribution in [0.2, 0.25) is 0 Å². The summed E-state index contributed by atoms with van der Waals surface area (Å²) >= 11 is 3.09. The van der Waals surface area contributed by atoms with E-state index in [2.05, 4.69) is 21.2 Å². The van der Waals surface area contributed by atoms with Crippen molar-refractivity contribution in [1.29, 1.82) is 0 Å².